The number of thiophene rings is 1. The summed E-state index contributed by atoms with van der Waals surface area (Å²) in [6, 6.07) is 9.17. The van der Waals surface area contributed by atoms with Crippen LogP contribution in [0, 0.1) is 12.7 Å². The third-order valence-electron chi connectivity index (χ3n) is 3.24. The molecule has 0 amide bonds. The summed E-state index contributed by atoms with van der Waals surface area (Å²) in [5.41, 5.74) is 1.83. The van der Waals surface area contributed by atoms with Crippen LogP contribution in [0.25, 0.3) is 0 Å². The lowest BCUT2D eigenvalue weighted by atomic mass is 10.0. The predicted octanol–water partition coefficient (Wildman–Crippen LogP) is 5.13. The summed E-state index contributed by atoms with van der Waals surface area (Å²) in [4.78, 5) is 1.17. The third-order valence-corrected chi connectivity index (χ3v) is 4.91. The third kappa shape index (κ3) is 3.81. The van der Waals surface area contributed by atoms with Gasteiger partial charge in [0, 0.05) is 10.9 Å². The monoisotopic (exact) mass is 311 g/mol. The first kappa shape index (κ1) is 15.5. The molecule has 0 saturated heterocycles. The van der Waals surface area contributed by atoms with Crippen molar-refractivity contribution in [2.75, 3.05) is 6.54 Å². The van der Waals surface area contributed by atoms with Crippen molar-refractivity contribution in [1.82, 2.24) is 5.32 Å². The topological polar surface area (TPSA) is 12.0 Å². The van der Waals surface area contributed by atoms with Crippen LogP contribution in [0.5, 0.6) is 0 Å². The molecule has 1 aromatic heterocycles. The van der Waals surface area contributed by atoms with Gasteiger partial charge in [-0.2, -0.15) is 0 Å². The first-order chi connectivity index (χ1) is 9.61. The van der Waals surface area contributed by atoms with E-state index >= 15 is 0 Å². The Kier molecular flexibility index (Phi) is 5.58. The van der Waals surface area contributed by atoms with E-state index in [2.05, 4.69) is 18.3 Å². The highest BCUT2D eigenvalue weighted by Crippen LogP contribution is 2.32. The van der Waals surface area contributed by atoms with Crippen molar-refractivity contribution in [2.24, 2.45) is 0 Å². The van der Waals surface area contributed by atoms with Gasteiger partial charge in [-0.25, -0.2) is 4.39 Å². The molecule has 0 saturated carbocycles. The standard InChI is InChI=1S/C16H19ClFNS/c1-3-8-19-14(15-9-11(2)16(17)20-15)10-12-6-4-5-7-13(12)18/h4-7,9,14,19H,3,8,10H2,1-2H3. The minimum absolute atomic E-state index is 0.114. The molecule has 2 aromatic rings. The summed E-state index contributed by atoms with van der Waals surface area (Å²) in [5, 5.41) is 3.49. The fourth-order valence-corrected chi connectivity index (χ4v) is 3.42. The van der Waals surface area contributed by atoms with Gasteiger partial charge in [-0.1, -0.05) is 36.7 Å². The maximum Gasteiger partial charge on any atom is 0.126 e. The van der Waals surface area contributed by atoms with Crippen LogP contribution in [0.2, 0.25) is 4.34 Å². The second kappa shape index (κ2) is 7.21. The largest absolute Gasteiger partial charge is 0.309 e. The van der Waals surface area contributed by atoms with Crippen LogP contribution in [0.1, 0.15) is 35.4 Å². The molecule has 0 radical (unpaired) electrons. The molecular weight excluding hydrogens is 293 g/mol. The number of hydrogen-bond donors (Lipinski definition) is 1. The molecule has 1 N–H and O–H groups in total. The summed E-state index contributed by atoms with van der Waals surface area (Å²) in [6.07, 6.45) is 1.69. The van der Waals surface area contributed by atoms with Crippen molar-refractivity contribution in [3.8, 4) is 0 Å². The lowest BCUT2D eigenvalue weighted by Gasteiger charge is -2.17. The van der Waals surface area contributed by atoms with Crippen LogP contribution in [0.15, 0.2) is 30.3 Å². The van der Waals surface area contributed by atoms with Gasteiger partial charge in [-0.3, -0.25) is 0 Å². The van der Waals surface area contributed by atoms with E-state index in [9.17, 15) is 4.39 Å². The number of benzene rings is 1. The molecule has 0 aliphatic rings. The first-order valence-corrected chi connectivity index (χ1v) is 8.04. The molecule has 0 bridgehead atoms. The summed E-state index contributed by atoms with van der Waals surface area (Å²) in [6.45, 7) is 5.04. The Balaban J connectivity index is 2.21. The summed E-state index contributed by atoms with van der Waals surface area (Å²) in [7, 11) is 0. The zero-order valence-electron chi connectivity index (χ0n) is 11.7. The van der Waals surface area contributed by atoms with E-state index in [1.54, 1.807) is 17.4 Å². The molecule has 0 spiro atoms. The van der Waals surface area contributed by atoms with Gasteiger partial charge in [0.25, 0.3) is 0 Å². The van der Waals surface area contributed by atoms with E-state index in [0.717, 1.165) is 28.4 Å². The van der Waals surface area contributed by atoms with Gasteiger partial charge in [0.05, 0.1) is 4.34 Å². The highest BCUT2D eigenvalue weighted by molar-refractivity contribution is 7.16. The van der Waals surface area contributed by atoms with Crippen LogP contribution in [0.4, 0.5) is 4.39 Å². The molecule has 1 aromatic carbocycles. The maximum absolute atomic E-state index is 13.8. The van der Waals surface area contributed by atoms with Crippen LogP contribution >= 0.6 is 22.9 Å². The maximum atomic E-state index is 13.8. The summed E-state index contributed by atoms with van der Waals surface area (Å²) < 4.78 is 14.6. The average molecular weight is 312 g/mol. The molecule has 0 aliphatic carbocycles. The predicted molar refractivity (Wildman–Crippen MR) is 85.2 cm³/mol. The number of rotatable bonds is 6. The quantitative estimate of drug-likeness (QED) is 0.779. The van der Waals surface area contributed by atoms with Crippen LogP contribution in [0.3, 0.4) is 0 Å². The van der Waals surface area contributed by atoms with Crippen molar-refractivity contribution in [3.63, 3.8) is 0 Å². The molecule has 0 fully saturated rings. The van der Waals surface area contributed by atoms with E-state index in [4.69, 9.17) is 11.6 Å². The Hall–Kier alpha value is -0.900. The Morgan fingerprint density at radius 1 is 1.35 bits per heavy atom. The number of nitrogens with one attached hydrogen (secondary N) is 1. The Labute approximate surface area is 128 Å². The lowest BCUT2D eigenvalue weighted by molar-refractivity contribution is 0.519. The van der Waals surface area contributed by atoms with E-state index < -0.39 is 0 Å². The molecule has 1 unspecified atom stereocenters. The van der Waals surface area contributed by atoms with E-state index in [0.29, 0.717) is 6.42 Å². The number of aryl methyl sites for hydroxylation is 1. The van der Waals surface area contributed by atoms with Crippen molar-refractivity contribution < 1.29 is 4.39 Å². The molecular formula is C16H19ClFNS. The average Bonchev–Trinajstić information content (AvgIpc) is 2.76. The zero-order valence-corrected chi connectivity index (χ0v) is 13.3. The van der Waals surface area contributed by atoms with Crippen molar-refractivity contribution >= 4 is 22.9 Å². The fourth-order valence-electron chi connectivity index (χ4n) is 2.13. The van der Waals surface area contributed by atoms with Crippen LogP contribution < -0.4 is 5.32 Å². The Morgan fingerprint density at radius 2 is 2.10 bits per heavy atom. The van der Waals surface area contributed by atoms with Gasteiger partial charge < -0.3 is 5.32 Å². The van der Waals surface area contributed by atoms with Gasteiger partial charge in [0.1, 0.15) is 5.82 Å². The second-order valence-electron chi connectivity index (χ2n) is 4.91. The minimum Gasteiger partial charge on any atom is -0.309 e. The lowest BCUT2D eigenvalue weighted by Crippen LogP contribution is -2.23. The number of hydrogen-bond acceptors (Lipinski definition) is 2. The van der Waals surface area contributed by atoms with Crippen molar-refractivity contribution in [2.45, 2.75) is 32.7 Å². The van der Waals surface area contributed by atoms with Crippen molar-refractivity contribution in [1.29, 1.82) is 0 Å². The molecule has 1 nitrogen and oxygen atoms in total. The number of halogens is 2. The molecule has 1 atom stereocenters. The molecule has 20 heavy (non-hydrogen) atoms. The highest BCUT2D eigenvalue weighted by Gasteiger charge is 2.17. The fraction of sp³-hybridized carbons (Fsp3) is 0.375. The molecule has 108 valence electrons. The van der Waals surface area contributed by atoms with Crippen LogP contribution in [-0.4, -0.2) is 6.54 Å². The smallest absolute Gasteiger partial charge is 0.126 e. The van der Waals surface area contributed by atoms with Gasteiger partial charge in [-0.15, -0.1) is 11.3 Å². The minimum atomic E-state index is -0.143. The van der Waals surface area contributed by atoms with Crippen LogP contribution in [-0.2, 0) is 6.42 Å². The van der Waals surface area contributed by atoms with E-state index in [1.165, 1.54) is 10.9 Å². The SMILES string of the molecule is CCCNC(Cc1ccccc1F)c1cc(C)c(Cl)s1. The summed E-state index contributed by atoms with van der Waals surface area (Å²) in [5.74, 6) is -0.143. The molecule has 1 heterocycles. The van der Waals surface area contributed by atoms with Gasteiger partial charge in [0.15, 0.2) is 0 Å². The Morgan fingerprint density at radius 3 is 2.70 bits per heavy atom. The normalized spacial score (nSPS) is 12.6. The van der Waals surface area contributed by atoms with Gasteiger partial charge in [-0.05, 0) is 49.6 Å². The summed E-state index contributed by atoms with van der Waals surface area (Å²) >= 11 is 7.74. The zero-order chi connectivity index (χ0) is 14.5. The van der Waals surface area contributed by atoms with Gasteiger partial charge >= 0.3 is 0 Å². The first-order valence-electron chi connectivity index (χ1n) is 6.84. The molecule has 4 heteroatoms. The second-order valence-corrected chi connectivity index (χ2v) is 6.59. The molecule has 0 aliphatic heterocycles. The highest BCUT2D eigenvalue weighted by atomic mass is 35.5. The van der Waals surface area contributed by atoms with Gasteiger partial charge in [0.2, 0.25) is 0 Å². The molecule has 2 rings (SSSR count). The van der Waals surface area contributed by atoms with E-state index in [-0.39, 0.29) is 11.9 Å². The van der Waals surface area contributed by atoms with E-state index in [1.807, 2.05) is 19.1 Å². The Bertz CT molecular complexity index is 548. The van der Waals surface area contributed by atoms with Crippen molar-refractivity contribution in [3.05, 3.63) is 56.5 Å².